The number of non-ortho nitro benzene ring substituents is 1. The van der Waals surface area contributed by atoms with E-state index >= 15 is 0 Å². The largest absolute Gasteiger partial charge is 0.393 e. The molecule has 0 aromatic heterocycles. The number of hydrogen-bond donors (Lipinski definition) is 2. The van der Waals surface area contributed by atoms with E-state index in [1.54, 1.807) is 0 Å². The molecule has 0 unspecified atom stereocenters. The number of nitro benzene ring substituents is 1. The first kappa shape index (κ1) is 13.6. The van der Waals surface area contributed by atoms with Gasteiger partial charge in [0.2, 0.25) is 0 Å². The topological polar surface area (TPSA) is 83.6 Å². The highest BCUT2D eigenvalue weighted by Crippen LogP contribution is 2.22. The van der Waals surface area contributed by atoms with Gasteiger partial charge >= 0.3 is 0 Å². The number of nitrogens with zero attached hydrogens (tertiary/aromatic N) is 1. The molecular formula is C12H17NO4. The summed E-state index contributed by atoms with van der Waals surface area (Å²) >= 11 is 0. The van der Waals surface area contributed by atoms with Gasteiger partial charge in [-0.3, -0.25) is 10.1 Å². The molecule has 1 aromatic rings. The van der Waals surface area contributed by atoms with Gasteiger partial charge in [-0.15, -0.1) is 0 Å². The molecule has 0 bridgehead atoms. The minimum atomic E-state index is -0.780. The van der Waals surface area contributed by atoms with Gasteiger partial charge in [-0.1, -0.05) is 13.3 Å². The van der Waals surface area contributed by atoms with Crippen LogP contribution in [0.15, 0.2) is 24.3 Å². The Morgan fingerprint density at radius 1 is 1.29 bits per heavy atom. The van der Waals surface area contributed by atoms with Crippen LogP contribution in [0.3, 0.4) is 0 Å². The molecular weight excluding hydrogens is 222 g/mol. The van der Waals surface area contributed by atoms with Crippen LogP contribution >= 0.6 is 0 Å². The van der Waals surface area contributed by atoms with Crippen molar-refractivity contribution < 1.29 is 15.1 Å². The third-order valence-corrected chi connectivity index (χ3v) is 2.61. The first-order valence-corrected chi connectivity index (χ1v) is 5.65. The Kier molecular flexibility index (Phi) is 5.06. The monoisotopic (exact) mass is 239 g/mol. The summed E-state index contributed by atoms with van der Waals surface area (Å²) < 4.78 is 0. The molecule has 0 aliphatic rings. The maximum Gasteiger partial charge on any atom is 0.269 e. The fraction of sp³-hybridized carbons (Fsp3) is 0.500. The molecule has 0 saturated heterocycles. The highest BCUT2D eigenvalue weighted by Gasteiger charge is 2.14. The molecule has 0 radical (unpaired) electrons. The van der Waals surface area contributed by atoms with Crippen LogP contribution in [0, 0.1) is 10.1 Å². The zero-order valence-corrected chi connectivity index (χ0v) is 9.74. The third kappa shape index (κ3) is 4.13. The maximum absolute atomic E-state index is 10.4. The average molecular weight is 239 g/mol. The van der Waals surface area contributed by atoms with E-state index in [0.29, 0.717) is 12.0 Å². The summed E-state index contributed by atoms with van der Waals surface area (Å²) in [5.74, 6) is 0. The van der Waals surface area contributed by atoms with Crippen molar-refractivity contribution in [1.29, 1.82) is 0 Å². The summed E-state index contributed by atoms with van der Waals surface area (Å²) in [7, 11) is 0. The minimum Gasteiger partial charge on any atom is -0.393 e. The number of hydrogen-bond acceptors (Lipinski definition) is 4. The van der Waals surface area contributed by atoms with Crippen molar-refractivity contribution in [3.05, 3.63) is 39.9 Å². The maximum atomic E-state index is 10.4. The van der Waals surface area contributed by atoms with Crippen LogP contribution in [-0.4, -0.2) is 21.2 Å². The van der Waals surface area contributed by atoms with E-state index in [-0.39, 0.29) is 12.1 Å². The molecule has 5 heteroatoms. The second kappa shape index (κ2) is 6.32. The molecule has 0 aliphatic heterocycles. The predicted molar refractivity (Wildman–Crippen MR) is 63.6 cm³/mol. The average Bonchev–Trinajstić information content (AvgIpc) is 2.29. The molecule has 1 rings (SSSR count). The van der Waals surface area contributed by atoms with Crippen molar-refractivity contribution in [2.45, 2.75) is 38.4 Å². The van der Waals surface area contributed by atoms with E-state index in [0.717, 1.165) is 6.42 Å². The Morgan fingerprint density at radius 3 is 2.35 bits per heavy atom. The Balaban J connectivity index is 2.63. The van der Waals surface area contributed by atoms with Gasteiger partial charge in [0.25, 0.3) is 5.69 Å². The molecule has 1 aromatic carbocycles. The van der Waals surface area contributed by atoms with Crippen LogP contribution in [0.5, 0.6) is 0 Å². The fourth-order valence-electron chi connectivity index (χ4n) is 1.66. The summed E-state index contributed by atoms with van der Waals surface area (Å²) in [6.07, 6.45) is 0.437. The van der Waals surface area contributed by atoms with Crippen molar-refractivity contribution >= 4 is 5.69 Å². The van der Waals surface area contributed by atoms with Gasteiger partial charge in [0.15, 0.2) is 0 Å². The second-order valence-electron chi connectivity index (χ2n) is 4.04. The highest BCUT2D eigenvalue weighted by molar-refractivity contribution is 5.33. The van der Waals surface area contributed by atoms with Crippen LogP contribution in [0.1, 0.15) is 37.9 Å². The van der Waals surface area contributed by atoms with E-state index in [1.165, 1.54) is 24.3 Å². The van der Waals surface area contributed by atoms with E-state index in [9.17, 15) is 20.3 Å². The van der Waals surface area contributed by atoms with E-state index in [4.69, 9.17) is 0 Å². The Labute approximate surface area is 99.9 Å². The summed E-state index contributed by atoms with van der Waals surface area (Å²) in [5, 5.41) is 29.8. The van der Waals surface area contributed by atoms with Gasteiger partial charge in [0.05, 0.1) is 17.1 Å². The molecule has 0 saturated carbocycles. The molecule has 2 N–H and O–H groups in total. The Bertz CT molecular complexity index is 363. The fourth-order valence-corrected chi connectivity index (χ4v) is 1.66. The zero-order chi connectivity index (χ0) is 12.8. The van der Waals surface area contributed by atoms with Crippen molar-refractivity contribution in [2.24, 2.45) is 0 Å². The molecule has 94 valence electrons. The van der Waals surface area contributed by atoms with Crippen LogP contribution in [-0.2, 0) is 0 Å². The summed E-state index contributed by atoms with van der Waals surface area (Å²) in [6, 6.07) is 5.73. The number of aliphatic hydroxyl groups excluding tert-OH is 2. The first-order chi connectivity index (χ1) is 8.04. The number of benzene rings is 1. The normalized spacial score (nSPS) is 14.3. The number of rotatable bonds is 6. The van der Waals surface area contributed by atoms with E-state index in [2.05, 4.69) is 0 Å². The lowest BCUT2D eigenvalue weighted by Crippen LogP contribution is -2.11. The lowest BCUT2D eigenvalue weighted by molar-refractivity contribution is -0.384. The number of aliphatic hydroxyl groups is 2. The van der Waals surface area contributed by atoms with E-state index < -0.39 is 17.1 Å². The van der Waals surface area contributed by atoms with Gasteiger partial charge in [0.1, 0.15) is 0 Å². The van der Waals surface area contributed by atoms with Gasteiger partial charge in [-0.05, 0) is 24.1 Å². The van der Waals surface area contributed by atoms with Crippen molar-refractivity contribution in [1.82, 2.24) is 0 Å². The first-order valence-electron chi connectivity index (χ1n) is 5.65. The Morgan fingerprint density at radius 2 is 1.88 bits per heavy atom. The molecule has 17 heavy (non-hydrogen) atoms. The van der Waals surface area contributed by atoms with Gasteiger partial charge < -0.3 is 10.2 Å². The van der Waals surface area contributed by atoms with Crippen LogP contribution in [0.4, 0.5) is 5.69 Å². The summed E-state index contributed by atoms with van der Waals surface area (Å²) in [5.41, 5.74) is 0.584. The lowest BCUT2D eigenvalue weighted by atomic mass is 10.0. The zero-order valence-electron chi connectivity index (χ0n) is 9.74. The molecule has 0 amide bonds. The highest BCUT2D eigenvalue weighted by atomic mass is 16.6. The summed E-state index contributed by atoms with van der Waals surface area (Å²) in [6.45, 7) is 1.96. The van der Waals surface area contributed by atoms with Crippen molar-refractivity contribution in [3.8, 4) is 0 Å². The predicted octanol–water partition coefficient (Wildman–Crippen LogP) is 2.18. The van der Waals surface area contributed by atoms with Crippen molar-refractivity contribution in [2.75, 3.05) is 0 Å². The number of nitro groups is 1. The molecule has 0 heterocycles. The van der Waals surface area contributed by atoms with Crippen LogP contribution in [0.25, 0.3) is 0 Å². The molecule has 0 aliphatic carbocycles. The third-order valence-electron chi connectivity index (χ3n) is 2.61. The van der Waals surface area contributed by atoms with Crippen LogP contribution in [0.2, 0.25) is 0 Å². The molecule has 2 atom stereocenters. The standard InChI is InChI=1S/C12H17NO4/c1-2-3-11(14)8-12(15)9-4-6-10(7-5-9)13(16)17/h4-7,11-12,14-15H,2-3,8H2,1H3/t11-,12-/m0/s1. The van der Waals surface area contributed by atoms with Gasteiger partial charge in [-0.2, -0.15) is 0 Å². The van der Waals surface area contributed by atoms with E-state index in [1.807, 2.05) is 6.92 Å². The quantitative estimate of drug-likeness (QED) is 0.588. The Hall–Kier alpha value is -1.46. The van der Waals surface area contributed by atoms with Gasteiger partial charge in [0, 0.05) is 18.6 Å². The van der Waals surface area contributed by atoms with Crippen LogP contribution < -0.4 is 0 Å². The molecule has 0 fully saturated rings. The second-order valence-corrected chi connectivity index (χ2v) is 4.04. The molecule has 5 nitrogen and oxygen atoms in total. The minimum absolute atomic E-state index is 0.00458. The SMILES string of the molecule is CCC[C@H](O)C[C@H](O)c1ccc([N+](=O)[O-])cc1. The lowest BCUT2D eigenvalue weighted by Gasteiger charge is -2.15. The molecule has 0 spiro atoms. The van der Waals surface area contributed by atoms with Gasteiger partial charge in [-0.25, -0.2) is 0 Å². The smallest absolute Gasteiger partial charge is 0.269 e. The van der Waals surface area contributed by atoms with Crippen molar-refractivity contribution in [3.63, 3.8) is 0 Å². The summed E-state index contributed by atoms with van der Waals surface area (Å²) in [4.78, 5) is 9.96.